The molecule has 0 aliphatic rings. The SMILES string of the molecule is O=C(O)CCCS(=O)(=O)Nc1ccc(Br)c(Cl)c1Cl. The molecule has 19 heavy (non-hydrogen) atoms. The Morgan fingerprint density at radius 3 is 2.53 bits per heavy atom. The van der Waals surface area contributed by atoms with E-state index in [1.54, 1.807) is 6.07 Å². The number of benzene rings is 1. The van der Waals surface area contributed by atoms with E-state index < -0.39 is 16.0 Å². The minimum absolute atomic E-state index is 0.0204. The molecule has 0 spiro atoms. The van der Waals surface area contributed by atoms with Crippen LogP contribution in [0.25, 0.3) is 0 Å². The largest absolute Gasteiger partial charge is 0.481 e. The zero-order valence-electron chi connectivity index (χ0n) is 9.49. The van der Waals surface area contributed by atoms with Crippen LogP contribution in [0.5, 0.6) is 0 Å². The van der Waals surface area contributed by atoms with E-state index >= 15 is 0 Å². The standard InChI is InChI=1S/C10H10BrCl2NO4S/c11-6-3-4-7(10(13)9(6)12)14-19(17,18)5-1-2-8(15)16/h3-4,14H,1-2,5H2,(H,15,16). The van der Waals surface area contributed by atoms with Gasteiger partial charge in [-0.25, -0.2) is 8.42 Å². The van der Waals surface area contributed by atoms with E-state index in [4.69, 9.17) is 28.3 Å². The Morgan fingerprint density at radius 1 is 1.32 bits per heavy atom. The summed E-state index contributed by atoms with van der Waals surface area (Å²) in [6.07, 6.45) is -0.192. The van der Waals surface area contributed by atoms with Crippen LogP contribution < -0.4 is 4.72 Å². The van der Waals surface area contributed by atoms with Gasteiger partial charge in [0.15, 0.2) is 0 Å². The van der Waals surface area contributed by atoms with Crippen molar-refractivity contribution in [3.8, 4) is 0 Å². The second kappa shape index (κ2) is 6.78. The van der Waals surface area contributed by atoms with E-state index in [1.807, 2.05) is 0 Å². The molecular formula is C10H10BrCl2NO4S. The number of hydrogen-bond donors (Lipinski definition) is 2. The molecule has 0 aliphatic heterocycles. The molecule has 0 atom stereocenters. The summed E-state index contributed by atoms with van der Waals surface area (Å²) < 4.78 is 26.2. The van der Waals surface area contributed by atoms with Crippen LogP contribution >= 0.6 is 39.1 Å². The lowest BCUT2D eigenvalue weighted by molar-refractivity contribution is -0.137. The van der Waals surface area contributed by atoms with Crippen molar-refractivity contribution in [2.45, 2.75) is 12.8 Å². The number of halogens is 3. The fraction of sp³-hybridized carbons (Fsp3) is 0.300. The summed E-state index contributed by atoms with van der Waals surface area (Å²) in [6.45, 7) is 0. The Bertz CT molecular complexity index is 591. The summed E-state index contributed by atoms with van der Waals surface area (Å²) in [5.41, 5.74) is 0.158. The molecule has 2 N–H and O–H groups in total. The number of carboxylic acids is 1. The van der Waals surface area contributed by atoms with Gasteiger partial charge in [0.05, 0.1) is 21.5 Å². The number of carbonyl (C=O) groups is 1. The average molecular weight is 391 g/mol. The van der Waals surface area contributed by atoms with Crippen molar-refractivity contribution in [1.82, 2.24) is 0 Å². The van der Waals surface area contributed by atoms with Crippen molar-refractivity contribution < 1.29 is 18.3 Å². The summed E-state index contributed by atoms with van der Waals surface area (Å²) in [4.78, 5) is 10.3. The molecule has 0 bridgehead atoms. The number of nitrogens with one attached hydrogen (secondary N) is 1. The summed E-state index contributed by atoms with van der Waals surface area (Å²) >= 11 is 14.9. The summed E-state index contributed by atoms with van der Waals surface area (Å²) in [7, 11) is -3.65. The van der Waals surface area contributed by atoms with Gasteiger partial charge >= 0.3 is 5.97 Å². The van der Waals surface area contributed by atoms with Gasteiger partial charge in [-0.1, -0.05) is 23.2 Å². The van der Waals surface area contributed by atoms with Crippen LogP contribution in [0, 0.1) is 0 Å². The molecular weight excluding hydrogens is 381 g/mol. The Kier molecular flexibility index (Phi) is 5.91. The molecule has 5 nitrogen and oxygen atoms in total. The lowest BCUT2D eigenvalue weighted by atomic mass is 10.3. The molecule has 0 unspecified atom stereocenters. The smallest absolute Gasteiger partial charge is 0.303 e. The average Bonchev–Trinajstić information content (AvgIpc) is 2.29. The van der Waals surface area contributed by atoms with Crippen LogP contribution in [0.3, 0.4) is 0 Å². The molecule has 0 amide bonds. The highest BCUT2D eigenvalue weighted by Crippen LogP contribution is 2.36. The first-order valence-corrected chi connectivity index (χ1v) is 8.29. The van der Waals surface area contributed by atoms with Gasteiger partial charge in [0, 0.05) is 10.9 Å². The third-order valence-corrected chi connectivity index (χ3v) is 5.23. The maximum Gasteiger partial charge on any atom is 0.303 e. The van der Waals surface area contributed by atoms with Gasteiger partial charge < -0.3 is 5.11 Å². The number of aliphatic carboxylic acids is 1. The van der Waals surface area contributed by atoms with Crippen LogP contribution in [0.4, 0.5) is 5.69 Å². The van der Waals surface area contributed by atoms with Crippen LogP contribution in [-0.2, 0) is 14.8 Å². The Morgan fingerprint density at radius 2 is 1.95 bits per heavy atom. The van der Waals surface area contributed by atoms with Crippen LogP contribution in [0.15, 0.2) is 16.6 Å². The maximum atomic E-state index is 11.7. The minimum Gasteiger partial charge on any atom is -0.481 e. The molecule has 1 aromatic carbocycles. The molecule has 1 aromatic rings. The molecule has 106 valence electrons. The van der Waals surface area contributed by atoms with E-state index in [0.717, 1.165) is 0 Å². The molecule has 9 heteroatoms. The topological polar surface area (TPSA) is 83.5 Å². The summed E-state index contributed by atoms with van der Waals surface area (Å²) in [6, 6.07) is 3.02. The van der Waals surface area contributed by atoms with E-state index in [1.165, 1.54) is 6.07 Å². The van der Waals surface area contributed by atoms with Crippen molar-refractivity contribution in [3.05, 3.63) is 26.7 Å². The molecule has 0 saturated heterocycles. The normalized spacial score (nSPS) is 11.3. The zero-order chi connectivity index (χ0) is 14.6. The molecule has 0 radical (unpaired) electrons. The van der Waals surface area contributed by atoms with Gasteiger partial charge in [-0.15, -0.1) is 0 Å². The highest BCUT2D eigenvalue weighted by atomic mass is 79.9. The summed E-state index contributed by atoms with van der Waals surface area (Å²) in [5.74, 6) is -1.34. The fourth-order valence-corrected chi connectivity index (χ4v) is 3.25. The molecule has 0 saturated carbocycles. The third-order valence-electron chi connectivity index (χ3n) is 2.10. The first-order valence-electron chi connectivity index (χ1n) is 5.09. The third kappa shape index (κ3) is 5.18. The Labute approximate surface area is 129 Å². The van der Waals surface area contributed by atoms with Gasteiger partial charge in [-0.3, -0.25) is 9.52 Å². The van der Waals surface area contributed by atoms with Gasteiger partial charge in [0.2, 0.25) is 10.0 Å². The van der Waals surface area contributed by atoms with Crippen molar-refractivity contribution in [2.75, 3.05) is 10.5 Å². The number of anilines is 1. The van der Waals surface area contributed by atoms with Crippen LogP contribution in [0.1, 0.15) is 12.8 Å². The molecule has 1 rings (SSSR count). The lowest BCUT2D eigenvalue weighted by Gasteiger charge is -2.10. The number of hydrogen-bond acceptors (Lipinski definition) is 3. The first kappa shape index (κ1) is 16.6. The van der Waals surface area contributed by atoms with E-state index in [9.17, 15) is 13.2 Å². The predicted octanol–water partition coefficient (Wildman–Crippen LogP) is 3.36. The predicted molar refractivity (Wildman–Crippen MR) is 78.4 cm³/mol. The molecule has 0 fully saturated rings. The maximum absolute atomic E-state index is 11.7. The quantitative estimate of drug-likeness (QED) is 0.729. The lowest BCUT2D eigenvalue weighted by Crippen LogP contribution is -2.17. The number of carboxylic acid groups (broad SMARTS) is 1. The Hall–Kier alpha value is -0.500. The molecule has 0 aromatic heterocycles. The minimum atomic E-state index is -3.65. The number of rotatable bonds is 6. The molecule has 0 aliphatic carbocycles. The van der Waals surface area contributed by atoms with E-state index in [-0.39, 0.29) is 34.3 Å². The van der Waals surface area contributed by atoms with Gasteiger partial charge in [-0.05, 0) is 34.5 Å². The first-order chi connectivity index (χ1) is 8.73. The van der Waals surface area contributed by atoms with Crippen molar-refractivity contribution >= 4 is 60.8 Å². The van der Waals surface area contributed by atoms with Crippen LogP contribution in [0.2, 0.25) is 10.0 Å². The van der Waals surface area contributed by atoms with E-state index in [0.29, 0.717) is 4.47 Å². The van der Waals surface area contributed by atoms with Gasteiger partial charge in [0.25, 0.3) is 0 Å². The second-order valence-electron chi connectivity index (χ2n) is 3.64. The van der Waals surface area contributed by atoms with E-state index in [2.05, 4.69) is 20.7 Å². The van der Waals surface area contributed by atoms with Crippen LogP contribution in [-0.4, -0.2) is 25.2 Å². The zero-order valence-corrected chi connectivity index (χ0v) is 13.4. The number of sulfonamides is 1. The highest BCUT2D eigenvalue weighted by molar-refractivity contribution is 9.10. The van der Waals surface area contributed by atoms with Crippen molar-refractivity contribution in [3.63, 3.8) is 0 Å². The second-order valence-corrected chi connectivity index (χ2v) is 7.09. The molecule has 0 heterocycles. The van der Waals surface area contributed by atoms with Crippen molar-refractivity contribution in [2.24, 2.45) is 0 Å². The Balaban J connectivity index is 2.79. The monoisotopic (exact) mass is 389 g/mol. The highest BCUT2D eigenvalue weighted by Gasteiger charge is 2.15. The fourth-order valence-electron chi connectivity index (χ4n) is 1.24. The van der Waals surface area contributed by atoms with Gasteiger partial charge in [-0.2, -0.15) is 0 Å². The van der Waals surface area contributed by atoms with Gasteiger partial charge in [0.1, 0.15) is 0 Å². The van der Waals surface area contributed by atoms with Crippen molar-refractivity contribution in [1.29, 1.82) is 0 Å². The summed E-state index contributed by atoms with van der Waals surface area (Å²) in [5, 5.41) is 8.73.